The number of benzene rings is 1. The van der Waals surface area contributed by atoms with Gasteiger partial charge in [0, 0.05) is 0 Å². The van der Waals surface area contributed by atoms with Crippen molar-refractivity contribution in [2.24, 2.45) is 0 Å². The molecule has 0 aliphatic carbocycles. The topological polar surface area (TPSA) is 42.7 Å². The molecule has 0 N–H and O–H groups in total. The fraction of sp³-hybridized carbons (Fsp3) is 0.250. The summed E-state index contributed by atoms with van der Waals surface area (Å²) in [4.78, 5) is 14.2. The summed E-state index contributed by atoms with van der Waals surface area (Å²) in [6.45, 7) is 7.64. The van der Waals surface area contributed by atoms with E-state index in [9.17, 15) is 4.79 Å². The van der Waals surface area contributed by atoms with E-state index < -0.39 is 6.09 Å². The standard InChI is InChI=1S/C20H21NO3/c1-4-6-15-21(20(22)24-17-11-8-7-9-12-17)18(10-5-2)19-14-13-16(3)23-19/h5,7-9,11-14,18H,2,10,15H2,1,3H3. The molecule has 124 valence electrons. The van der Waals surface area contributed by atoms with Gasteiger partial charge in [-0.15, -0.1) is 12.5 Å². The molecule has 4 heteroatoms. The van der Waals surface area contributed by atoms with Gasteiger partial charge in [0.05, 0.1) is 12.6 Å². The van der Waals surface area contributed by atoms with Gasteiger partial charge in [0.2, 0.25) is 0 Å². The van der Waals surface area contributed by atoms with E-state index in [1.54, 1.807) is 30.0 Å². The third-order valence-electron chi connectivity index (χ3n) is 3.46. The Morgan fingerprint density at radius 2 is 2.08 bits per heavy atom. The van der Waals surface area contributed by atoms with E-state index in [4.69, 9.17) is 9.15 Å². The zero-order chi connectivity index (χ0) is 17.4. The fourth-order valence-electron chi connectivity index (χ4n) is 2.30. The molecule has 0 fully saturated rings. The summed E-state index contributed by atoms with van der Waals surface area (Å²) in [5, 5.41) is 0. The molecule has 0 aliphatic heterocycles. The van der Waals surface area contributed by atoms with Crippen LogP contribution in [0, 0.1) is 18.8 Å². The summed E-state index contributed by atoms with van der Waals surface area (Å²) in [5.74, 6) is 7.71. The van der Waals surface area contributed by atoms with Crippen molar-refractivity contribution < 1.29 is 13.9 Å². The van der Waals surface area contributed by atoms with Gasteiger partial charge in [-0.25, -0.2) is 4.79 Å². The van der Waals surface area contributed by atoms with E-state index >= 15 is 0 Å². The number of hydrogen-bond donors (Lipinski definition) is 0. The van der Waals surface area contributed by atoms with Gasteiger partial charge in [-0.1, -0.05) is 30.2 Å². The highest BCUT2D eigenvalue weighted by Crippen LogP contribution is 2.27. The first-order valence-electron chi connectivity index (χ1n) is 7.76. The molecule has 2 rings (SSSR count). The summed E-state index contributed by atoms with van der Waals surface area (Å²) in [5.41, 5.74) is 0. The Labute approximate surface area is 142 Å². The summed E-state index contributed by atoms with van der Waals surface area (Å²) >= 11 is 0. The molecule has 0 saturated heterocycles. The van der Waals surface area contributed by atoms with Crippen LogP contribution >= 0.6 is 0 Å². The van der Waals surface area contributed by atoms with Crippen LogP contribution in [-0.4, -0.2) is 17.5 Å². The smallest absolute Gasteiger partial charge is 0.416 e. The molecule has 0 bridgehead atoms. The minimum atomic E-state index is -0.468. The Hall–Kier alpha value is -2.93. The van der Waals surface area contributed by atoms with E-state index in [2.05, 4.69) is 18.4 Å². The molecule has 1 aromatic heterocycles. The lowest BCUT2D eigenvalue weighted by Gasteiger charge is -2.27. The highest BCUT2D eigenvalue weighted by atomic mass is 16.6. The van der Waals surface area contributed by atoms with Crippen LogP contribution in [-0.2, 0) is 0 Å². The normalized spacial score (nSPS) is 11.1. The summed E-state index contributed by atoms with van der Waals surface area (Å²) < 4.78 is 11.2. The molecule has 24 heavy (non-hydrogen) atoms. The summed E-state index contributed by atoms with van der Waals surface area (Å²) in [7, 11) is 0. The van der Waals surface area contributed by atoms with Gasteiger partial charge in [0.15, 0.2) is 0 Å². The monoisotopic (exact) mass is 323 g/mol. The maximum Gasteiger partial charge on any atom is 0.416 e. The number of rotatable bonds is 6. The second kappa shape index (κ2) is 8.64. The Morgan fingerprint density at radius 3 is 2.67 bits per heavy atom. The molecule has 0 aliphatic rings. The number of para-hydroxylation sites is 1. The Balaban J connectivity index is 2.27. The molecular formula is C20H21NO3. The van der Waals surface area contributed by atoms with E-state index in [0.29, 0.717) is 17.9 Å². The zero-order valence-electron chi connectivity index (χ0n) is 14.0. The predicted molar refractivity (Wildman–Crippen MR) is 93.6 cm³/mol. The third-order valence-corrected chi connectivity index (χ3v) is 3.46. The zero-order valence-corrected chi connectivity index (χ0v) is 14.0. The number of carbonyl (C=O) groups is 1. The minimum Gasteiger partial charge on any atom is -0.464 e. The number of ether oxygens (including phenoxy) is 1. The largest absolute Gasteiger partial charge is 0.464 e. The van der Waals surface area contributed by atoms with E-state index in [1.165, 1.54) is 0 Å². The first-order chi connectivity index (χ1) is 11.7. The van der Waals surface area contributed by atoms with Crippen molar-refractivity contribution in [3.8, 4) is 17.6 Å². The average Bonchev–Trinajstić information content (AvgIpc) is 3.01. The van der Waals surface area contributed by atoms with Crippen LogP contribution < -0.4 is 4.74 Å². The van der Waals surface area contributed by atoms with Crippen LogP contribution in [0.15, 0.2) is 59.5 Å². The second-order valence-electron chi connectivity index (χ2n) is 5.22. The van der Waals surface area contributed by atoms with Crippen molar-refractivity contribution >= 4 is 6.09 Å². The number of hydrogen-bond acceptors (Lipinski definition) is 3. The molecule has 2 aromatic rings. The first-order valence-corrected chi connectivity index (χ1v) is 7.76. The van der Waals surface area contributed by atoms with Crippen LogP contribution in [0.25, 0.3) is 0 Å². The van der Waals surface area contributed by atoms with Gasteiger partial charge < -0.3 is 9.15 Å². The first kappa shape index (κ1) is 17.4. The highest BCUT2D eigenvalue weighted by Gasteiger charge is 2.27. The molecule has 1 amide bonds. The van der Waals surface area contributed by atoms with E-state index in [1.807, 2.05) is 37.3 Å². The van der Waals surface area contributed by atoms with Crippen molar-refractivity contribution in [3.05, 3.63) is 66.6 Å². The van der Waals surface area contributed by atoms with Crippen LogP contribution in [0.3, 0.4) is 0 Å². The summed E-state index contributed by atoms with van der Waals surface area (Å²) in [6, 6.07) is 12.4. The van der Waals surface area contributed by atoms with Crippen LogP contribution in [0.4, 0.5) is 4.79 Å². The molecule has 0 saturated carbocycles. The van der Waals surface area contributed by atoms with Crippen LogP contribution in [0.1, 0.15) is 30.9 Å². The maximum atomic E-state index is 12.7. The fourth-order valence-corrected chi connectivity index (χ4v) is 2.30. The van der Waals surface area contributed by atoms with Crippen molar-refractivity contribution in [2.45, 2.75) is 26.3 Å². The Kier molecular flexibility index (Phi) is 6.27. The SMILES string of the molecule is C=CCC(c1ccc(C)o1)N(CC#CC)C(=O)Oc1ccccc1. The van der Waals surface area contributed by atoms with Crippen LogP contribution in [0.2, 0.25) is 0 Å². The maximum absolute atomic E-state index is 12.7. The molecular weight excluding hydrogens is 302 g/mol. The summed E-state index contributed by atoms with van der Waals surface area (Å²) in [6.07, 6.45) is 1.83. The molecule has 1 aromatic carbocycles. The van der Waals surface area contributed by atoms with Gasteiger partial charge in [-0.2, -0.15) is 0 Å². The van der Waals surface area contributed by atoms with Crippen molar-refractivity contribution in [3.63, 3.8) is 0 Å². The van der Waals surface area contributed by atoms with E-state index in [-0.39, 0.29) is 12.6 Å². The Morgan fingerprint density at radius 1 is 1.33 bits per heavy atom. The number of amides is 1. The average molecular weight is 323 g/mol. The van der Waals surface area contributed by atoms with Crippen molar-refractivity contribution in [1.29, 1.82) is 0 Å². The molecule has 1 atom stereocenters. The molecule has 0 radical (unpaired) electrons. The van der Waals surface area contributed by atoms with Gasteiger partial charge in [0.25, 0.3) is 0 Å². The Bertz CT molecular complexity index is 737. The second-order valence-corrected chi connectivity index (χ2v) is 5.22. The molecule has 4 nitrogen and oxygen atoms in total. The minimum absolute atomic E-state index is 0.250. The highest BCUT2D eigenvalue weighted by molar-refractivity contribution is 5.71. The van der Waals surface area contributed by atoms with Gasteiger partial charge in [0.1, 0.15) is 17.3 Å². The van der Waals surface area contributed by atoms with Gasteiger partial charge in [-0.3, -0.25) is 4.90 Å². The lowest BCUT2D eigenvalue weighted by molar-refractivity contribution is 0.132. The number of furan rings is 1. The number of nitrogens with zero attached hydrogens (tertiary/aromatic N) is 1. The lowest BCUT2D eigenvalue weighted by Crippen LogP contribution is -2.37. The predicted octanol–water partition coefficient (Wildman–Crippen LogP) is 4.73. The van der Waals surface area contributed by atoms with Gasteiger partial charge in [-0.05, 0) is 44.5 Å². The van der Waals surface area contributed by atoms with Crippen molar-refractivity contribution in [1.82, 2.24) is 4.90 Å². The third kappa shape index (κ3) is 4.53. The van der Waals surface area contributed by atoms with Crippen LogP contribution in [0.5, 0.6) is 5.75 Å². The lowest BCUT2D eigenvalue weighted by atomic mass is 10.1. The van der Waals surface area contributed by atoms with Crippen molar-refractivity contribution in [2.75, 3.05) is 6.54 Å². The number of carbonyl (C=O) groups excluding carboxylic acids is 1. The number of aryl methyl sites for hydroxylation is 1. The van der Waals surface area contributed by atoms with E-state index in [0.717, 1.165) is 5.76 Å². The molecule has 1 heterocycles. The molecule has 0 spiro atoms. The quantitative estimate of drug-likeness (QED) is 0.570. The van der Waals surface area contributed by atoms with Gasteiger partial charge >= 0.3 is 6.09 Å². The molecule has 1 unspecified atom stereocenters.